The lowest BCUT2D eigenvalue weighted by Gasteiger charge is -2.10. The van der Waals surface area contributed by atoms with Gasteiger partial charge in [-0.1, -0.05) is 25.0 Å². The van der Waals surface area contributed by atoms with E-state index in [0.717, 1.165) is 30.7 Å². The lowest BCUT2D eigenvalue weighted by molar-refractivity contribution is -0.137. The van der Waals surface area contributed by atoms with E-state index in [2.05, 4.69) is 30.6 Å². The number of carboxylic acid groups (broad SMARTS) is 1. The maximum Gasteiger partial charge on any atom is 0.303 e. The third kappa shape index (κ3) is 9.55. The number of unbranched alkanes of at least 4 members (excludes halogenated alkanes) is 3. The third-order valence-corrected chi connectivity index (χ3v) is 3.41. The molecule has 0 atom stereocenters. The summed E-state index contributed by atoms with van der Waals surface area (Å²) in [6, 6.07) is 0.378. The van der Waals surface area contributed by atoms with Gasteiger partial charge >= 0.3 is 5.97 Å². The molecule has 3 N–H and O–H groups in total. The summed E-state index contributed by atoms with van der Waals surface area (Å²) in [5, 5.41) is 14.8. The highest BCUT2D eigenvalue weighted by Crippen LogP contribution is 2.10. The molecule has 0 saturated heterocycles. The Balaban J connectivity index is 2.22. The van der Waals surface area contributed by atoms with Gasteiger partial charge in [0.2, 0.25) is 5.91 Å². The molecule has 0 bridgehead atoms. The fourth-order valence-electron chi connectivity index (χ4n) is 2.31. The van der Waals surface area contributed by atoms with E-state index in [1.807, 2.05) is 18.2 Å². The van der Waals surface area contributed by atoms with Crippen molar-refractivity contribution in [3.8, 4) is 0 Å². The van der Waals surface area contributed by atoms with Gasteiger partial charge < -0.3 is 15.7 Å². The number of carbonyl (C=O) groups is 2. The minimum atomic E-state index is -0.754. The molecule has 5 nitrogen and oxygen atoms in total. The van der Waals surface area contributed by atoms with Crippen LogP contribution in [0.3, 0.4) is 0 Å². The van der Waals surface area contributed by atoms with Gasteiger partial charge in [0.15, 0.2) is 0 Å². The first kappa shape index (κ1) is 19.0. The Morgan fingerprint density at radius 3 is 2.52 bits per heavy atom. The maximum atomic E-state index is 11.9. The van der Waals surface area contributed by atoms with Crippen molar-refractivity contribution in [2.45, 2.75) is 64.8 Å². The zero-order valence-electron chi connectivity index (χ0n) is 14.1. The topological polar surface area (TPSA) is 78.4 Å². The first-order valence-electron chi connectivity index (χ1n) is 8.33. The highest BCUT2D eigenvalue weighted by Gasteiger charge is 2.06. The molecule has 0 heterocycles. The van der Waals surface area contributed by atoms with Crippen molar-refractivity contribution in [3.63, 3.8) is 0 Å². The van der Waals surface area contributed by atoms with Crippen molar-refractivity contribution in [2.75, 3.05) is 0 Å². The van der Waals surface area contributed by atoms with Gasteiger partial charge in [-0.2, -0.15) is 0 Å². The average Bonchev–Trinajstić information content (AvgIpc) is 2.67. The molecule has 1 aliphatic carbocycles. The first-order chi connectivity index (χ1) is 11.0. The van der Waals surface area contributed by atoms with Gasteiger partial charge in [0.05, 0.1) is 0 Å². The molecule has 1 aliphatic rings. The van der Waals surface area contributed by atoms with E-state index in [9.17, 15) is 9.59 Å². The van der Waals surface area contributed by atoms with Gasteiger partial charge in [-0.05, 0) is 38.8 Å². The molecule has 0 radical (unpaired) electrons. The standard InChI is InChI=1S/C18H28N2O3/c1-14(2)19-15-8-7-9-16(13-12-15)20-17(21)10-5-3-4-6-11-18(22)23/h7-9,12,14,19H,3-6,10-11,13H2,1-2H3,(H,20,21)(H,22,23). The number of hydrogen-bond acceptors (Lipinski definition) is 3. The molecule has 5 heteroatoms. The first-order valence-corrected chi connectivity index (χ1v) is 8.33. The van der Waals surface area contributed by atoms with Crippen LogP contribution in [0.5, 0.6) is 0 Å². The van der Waals surface area contributed by atoms with Crippen LogP contribution in [0.2, 0.25) is 0 Å². The Labute approximate surface area is 138 Å². The molecule has 0 aliphatic heterocycles. The number of amides is 1. The fraction of sp³-hybridized carbons (Fsp3) is 0.556. The maximum absolute atomic E-state index is 11.9. The lowest BCUT2D eigenvalue weighted by atomic mass is 10.1. The Kier molecular flexibility index (Phi) is 8.80. The van der Waals surface area contributed by atoms with Crippen LogP contribution in [0.1, 0.15) is 58.8 Å². The summed E-state index contributed by atoms with van der Waals surface area (Å²) >= 11 is 0. The molecule has 0 saturated carbocycles. The van der Waals surface area contributed by atoms with Crippen LogP contribution in [0, 0.1) is 0 Å². The molecule has 128 valence electrons. The van der Waals surface area contributed by atoms with Crippen LogP contribution in [0.25, 0.3) is 0 Å². The molecule has 0 spiro atoms. The molecular weight excluding hydrogens is 292 g/mol. The van der Waals surface area contributed by atoms with Crippen LogP contribution in [-0.4, -0.2) is 23.0 Å². The molecule has 23 heavy (non-hydrogen) atoms. The smallest absolute Gasteiger partial charge is 0.303 e. The summed E-state index contributed by atoms with van der Waals surface area (Å²) in [7, 11) is 0. The summed E-state index contributed by atoms with van der Waals surface area (Å²) in [6.07, 6.45) is 12.6. The van der Waals surface area contributed by atoms with Crippen LogP contribution in [0.4, 0.5) is 0 Å². The van der Waals surface area contributed by atoms with Crippen molar-refractivity contribution >= 4 is 11.9 Å². The van der Waals surface area contributed by atoms with Gasteiger partial charge in [-0.25, -0.2) is 0 Å². The van der Waals surface area contributed by atoms with E-state index in [4.69, 9.17) is 5.11 Å². The minimum absolute atomic E-state index is 0.0246. The largest absolute Gasteiger partial charge is 0.481 e. The van der Waals surface area contributed by atoms with Gasteiger partial charge in [0.1, 0.15) is 0 Å². The van der Waals surface area contributed by atoms with Crippen molar-refractivity contribution in [2.24, 2.45) is 0 Å². The Bertz CT molecular complexity index is 490. The molecule has 1 amide bonds. The second-order valence-electron chi connectivity index (χ2n) is 6.07. The van der Waals surface area contributed by atoms with Crippen molar-refractivity contribution in [1.82, 2.24) is 10.6 Å². The van der Waals surface area contributed by atoms with E-state index in [0.29, 0.717) is 25.3 Å². The number of nitrogens with one attached hydrogen (secondary N) is 2. The number of aliphatic carboxylic acids is 1. The normalized spacial score (nSPS) is 14.0. The highest BCUT2D eigenvalue weighted by molar-refractivity contribution is 5.77. The Morgan fingerprint density at radius 1 is 1.17 bits per heavy atom. The van der Waals surface area contributed by atoms with Crippen LogP contribution in [0.15, 0.2) is 35.7 Å². The van der Waals surface area contributed by atoms with Gasteiger partial charge in [-0.15, -0.1) is 0 Å². The summed E-state index contributed by atoms with van der Waals surface area (Å²) in [6.45, 7) is 4.18. The van der Waals surface area contributed by atoms with E-state index in [-0.39, 0.29) is 12.3 Å². The van der Waals surface area contributed by atoms with E-state index < -0.39 is 5.97 Å². The zero-order chi connectivity index (χ0) is 17.1. The van der Waals surface area contributed by atoms with E-state index >= 15 is 0 Å². The molecular formula is C18H28N2O3. The van der Waals surface area contributed by atoms with Gasteiger partial charge in [-0.3, -0.25) is 9.59 Å². The second-order valence-corrected chi connectivity index (χ2v) is 6.07. The lowest BCUT2D eigenvalue weighted by Crippen LogP contribution is -2.22. The number of carboxylic acids is 1. The van der Waals surface area contributed by atoms with E-state index in [1.54, 1.807) is 0 Å². The third-order valence-electron chi connectivity index (χ3n) is 3.41. The van der Waals surface area contributed by atoms with Crippen LogP contribution in [-0.2, 0) is 9.59 Å². The number of allylic oxidation sites excluding steroid dienone is 4. The molecule has 0 aromatic carbocycles. The summed E-state index contributed by atoms with van der Waals surface area (Å²) in [4.78, 5) is 22.3. The Morgan fingerprint density at radius 2 is 1.87 bits per heavy atom. The highest BCUT2D eigenvalue weighted by atomic mass is 16.4. The van der Waals surface area contributed by atoms with Crippen molar-refractivity contribution in [1.29, 1.82) is 0 Å². The number of hydrogen-bond donors (Lipinski definition) is 3. The average molecular weight is 320 g/mol. The molecule has 0 fully saturated rings. The number of carbonyl (C=O) groups excluding carboxylic acids is 1. The minimum Gasteiger partial charge on any atom is -0.481 e. The quantitative estimate of drug-likeness (QED) is 0.540. The van der Waals surface area contributed by atoms with Crippen LogP contribution < -0.4 is 10.6 Å². The predicted molar refractivity (Wildman–Crippen MR) is 91.7 cm³/mol. The van der Waals surface area contributed by atoms with Crippen molar-refractivity contribution in [3.05, 3.63) is 35.7 Å². The monoisotopic (exact) mass is 320 g/mol. The summed E-state index contributed by atoms with van der Waals surface area (Å²) < 4.78 is 0. The SMILES string of the molecule is CC(C)NC1=CCC(NC(=O)CCCCCCC(=O)O)=CC=C1. The summed E-state index contributed by atoms with van der Waals surface area (Å²) in [5.41, 5.74) is 1.97. The molecule has 0 unspecified atom stereocenters. The molecule has 1 rings (SSSR count). The van der Waals surface area contributed by atoms with E-state index in [1.165, 1.54) is 0 Å². The molecule has 0 aromatic heterocycles. The number of rotatable bonds is 10. The van der Waals surface area contributed by atoms with Crippen molar-refractivity contribution < 1.29 is 14.7 Å². The zero-order valence-corrected chi connectivity index (χ0v) is 14.1. The Hall–Kier alpha value is -2.04. The van der Waals surface area contributed by atoms with Gasteiger partial charge in [0, 0.05) is 36.7 Å². The van der Waals surface area contributed by atoms with Crippen LogP contribution >= 0.6 is 0 Å². The molecule has 0 aromatic rings. The fourth-order valence-corrected chi connectivity index (χ4v) is 2.31. The van der Waals surface area contributed by atoms with Gasteiger partial charge in [0.25, 0.3) is 0 Å². The second kappa shape index (κ2) is 10.6. The predicted octanol–water partition coefficient (Wildman–Crippen LogP) is 3.25. The summed E-state index contributed by atoms with van der Waals surface area (Å²) in [5.74, 6) is -0.730.